The normalized spacial score (nSPS) is 12.0. The molecular weight excluding hydrogens is 330 g/mol. The van der Waals surface area contributed by atoms with Crippen LogP contribution in [0.5, 0.6) is 0 Å². The highest BCUT2D eigenvalue weighted by molar-refractivity contribution is 7.24. The van der Waals surface area contributed by atoms with Crippen LogP contribution in [0.3, 0.4) is 0 Å². The minimum atomic E-state index is 0.432. The molecule has 25 heavy (non-hydrogen) atoms. The summed E-state index contributed by atoms with van der Waals surface area (Å²) in [5, 5.41) is 19.3. The highest BCUT2D eigenvalue weighted by atomic mass is 32.1. The molecular formula is C19H15N5S. The molecule has 5 rings (SSSR count). The average molecular weight is 345 g/mol. The zero-order valence-electron chi connectivity index (χ0n) is 13.8. The van der Waals surface area contributed by atoms with E-state index in [1.54, 1.807) is 23.9 Å². The first-order chi connectivity index (χ1) is 12.2. The SMILES string of the molecule is CC(C)c1cc(-c2nncc3c2sc2nncn23)cc2ccccc12. The van der Waals surface area contributed by atoms with Gasteiger partial charge in [-0.1, -0.05) is 49.4 Å². The lowest BCUT2D eigenvalue weighted by Gasteiger charge is -2.13. The van der Waals surface area contributed by atoms with Crippen LogP contribution in [-0.2, 0) is 0 Å². The summed E-state index contributed by atoms with van der Waals surface area (Å²) in [5.41, 5.74) is 4.32. The summed E-state index contributed by atoms with van der Waals surface area (Å²) in [6, 6.07) is 13.0. The van der Waals surface area contributed by atoms with Crippen LogP contribution >= 0.6 is 11.3 Å². The molecule has 0 aliphatic heterocycles. The lowest BCUT2D eigenvalue weighted by atomic mass is 9.93. The van der Waals surface area contributed by atoms with Crippen LogP contribution in [0.4, 0.5) is 0 Å². The van der Waals surface area contributed by atoms with Gasteiger partial charge in [0.25, 0.3) is 0 Å². The zero-order valence-corrected chi connectivity index (χ0v) is 14.7. The van der Waals surface area contributed by atoms with Crippen molar-refractivity contribution in [2.45, 2.75) is 19.8 Å². The highest BCUT2D eigenvalue weighted by Crippen LogP contribution is 2.36. The van der Waals surface area contributed by atoms with Crippen LogP contribution < -0.4 is 0 Å². The third-order valence-electron chi connectivity index (χ3n) is 4.54. The summed E-state index contributed by atoms with van der Waals surface area (Å²) in [6.07, 6.45) is 3.50. The molecule has 0 saturated heterocycles. The standard InChI is InChI=1S/C19H15N5S/c1-11(2)15-8-13(7-12-5-3-4-6-14(12)15)17-18-16(9-20-22-17)24-10-21-23-19(24)25-18/h3-11H,1-2H3. The van der Waals surface area contributed by atoms with Crippen molar-refractivity contribution in [1.82, 2.24) is 24.8 Å². The van der Waals surface area contributed by atoms with Gasteiger partial charge in [-0.2, -0.15) is 5.10 Å². The lowest BCUT2D eigenvalue weighted by molar-refractivity contribution is 0.876. The van der Waals surface area contributed by atoms with Gasteiger partial charge in [0.1, 0.15) is 12.0 Å². The molecule has 5 aromatic rings. The number of nitrogens with zero attached hydrogens (tertiary/aromatic N) is 5. The first kappa shape index (κ1) is 14.5. The Hall–Kier alpha value is -2.86. The Bertz CT molecular complexity index is 1230. The van der Waals surface area contributed by atoms with Gasteiger partial charge in [0.2, 0.25) is 4.96 Å². The Balaban J connectivity index is 1.85. The molecule has 3 heterocycles. The fourth-order valence-electron chi connectivity index (χ4n) is 3.33. The smallest absolute Gasteiger partial charge is 0.217 e. The second kappa shape index (κ2) is 5.32. The molecule has 0 radical (unpaired) electrons. The van der Waals surface area contributed by atoms with E-state index in [1.807, 2.05) is 4.40 Å². The van der Waals surface area contributed by atoms with Crippen molar-refractivity contribution in [3.05, 3.63) is 54.5 Å². The maximum Gasteiger partial charge on any atom is 0.217 e. The number of hydrogen-bond acceptors (Lipinski definition) is 5. The van der Waals surface area contributed by atoms with Crippen LogP contribution in [0.1, 0.15) is 25.3 Å². The van der Waals surface area contributed by atoms with Crippen molar-refractivity contribution in [2.24, 2.45) is 0 Å². The molecule has 0 saturated carbocycles. The van der Waals surface area contributed by atoms with Crippen molar-refractivity contribution in [3.8, 4) is 11.3 Å². The number of hydrogen-bond donors (Lipinski definition) is 0. The predicted octanol–water partition coefficient (Wildman–Crippen LogP) is 4.68. The summed E-state index contributed by atoms with van der Waals surface area (Å²) < 4.78 is 3.05. The number of rotatable bonds is 2. The molecule has 6 heteroatoms. The van der Waals surface area contributed by atoms with Crippen LogP contribution in [0.2, 0.25) is 0 Å². The van der Waals surface area contributed by atoms with Crippen molar-refractivity contribution in [1.29, 1.82) is 0 Å². The second-order valence-electron chi connectivity index (χ2n) is 6.43. The molecule has 0 bridgehead atoms. The Morgan fingerprint density at radius 2 is 1.92 bits per heavy atom. The lowest BCUT2D eigenvalue weighted by Crippen LogP contribution is -1.94. The molecule has 0 atom stereocenters. The van der Waals surface area contributed by atoms with Gasteiger partial charge in [0, 0.05) is 5.56 Å². The largest absolute Gasteiger partial charge is 0.270 e. The number of fused-ring (bicyclic) bond motifs is 4. The molecule has 3 aromatic heterocycles. The fraction of sp³-hybridized carbons (Fsp3) is 0.158. The van der Waals surface area contributed by atoms with Gasteiger partial charge in [0.15, 0.2) is 0 Å². The van der Waals surface area contributed by atoms with E-state index in [0.717, 1.165) is 26.4 Å². The van der Waals surface area contributed by atoms with E-state index in [-0.39, 0.29) is 0 Å². The molecule has 0 amide bonds. The predicted molar refractivity (Wildman–Crippen MR) is 101 cm³/mol. The summed E-state index contributed by atoms with van der Waals surface area (Å²) in [5.74, 6) is 0.432. The van der Waals surface area contributed by atoms with E-state index < -0.39 is 0 Å². The quantitative estimate of drug-likeness (QED) is 0.466. The Morgan fingerprint density at radius 3 is 2.80 bits per heavy atom. The summed E-state index contributed by atoms with van der Waals surface area (Å²) in [4.78, 5) is 0.857. The van der Waals surface area contributed by atoms with Crippen LogP contribution in [0.25, 0.3) is 37.2 Å². The van der Waals surface area contributed by atoms with Crippen LogP contribution in [0, 0.1) is 0 Å². The topological polar surface area (TPSA) is 56.0 Å². The van der Waals surface area contributed by atoms with Crippen molar-refractivity contribution < 1.29 is 0 Å². The number of aromatic nitrogens is 5. The minimum Gasteiger partial charge on any atom is -0.270 e. The monoisotopic (exact) mass is 345 g/mol. The van der Waals surface area contributed by atoms with Gasteiger partial charge in [-0.3, -0.25) is 4.40 Å². The molecule has 5 nitrogen and oxygen atoms in total. The van der Waals surface area contributed by atoms with Gasteiger partial charge in [0.05, 0.1) is 16.4 Å². The van der Waals surface area contributed by atoms with Crippen LogP contribution in [-0.4, -0.2) is 24.8 Å². The van der Waals surface area contributed by atoms with E-state index in [4.69, 9.17) is 0 Å². The Morgan fingerprint density at radius 1 is 1.04 bits per heavy atom. The number of thiazole rings is 1. The van der Waals surface area contributed by atoms with Gasteiger partial charge in [-0.25, -0.2) is 0 Å². The Labute approximate surface area is 148 Å². The highest BCUT2D eigenvalue weighted by Gasteiger charge is 2.16. The summed E-state index contributed by atoms with van der Waals surface area (Å²) in [6.45, 7) is 4.45. The minimum absolute atomic E-state index is 0.432. The van der Waals surface area contributed by atoms with Crippen molar-refractivity contribution in [3.63, 3.8) is 0 Å². The molecule has 0 aliphatic carbocycles. The second-order valence-corrected chi connectivity index (χ2v) is 7.41. The average Bonchev–Trinajstić information content (AvgIpc) is 3.21. The first-order valence-corrected chi connectivity index (χ1v) is 9.01. The summed E-state index contributed by atoms with van der Waals surface area (Å²) >= 11 is 1.60. The van der Waals surface area contributed by atoms with E-state index in [9.17, 15) is 0 Å². The van der Waals surface area contributed by atoms with E-state index in [0.29, 0.717) is 5.92 Å². The van der Waals surface area contributed by atoms with E-state index in [2.05, 4.69) is 70.6 Å². The number of benzene rings is 2. The van der Waals surface area contributed by atoms with Gasteiger partial charge in [-0.15, -0.1) is 15.3 Å². The summed E-state index contributed by atoms with van der Waals surface area (Å²) in [7, 11) is 0. The first-order valence-electron chi connectivity index (χ1n) is 8.19. The molecule has 0 fully saturated rings. The molecule has 122 valence electrons. The van der Waals surface area contributed by atoms with E-state index in [1.165, 1.54) is 16.3 Å². The van der Waals surface area contributed by atoms with Crippen molar-refractivity contribution >= 4 is 37.3 Å². The van der Waals surface area contributed by atoms with Gasteiger partial charge >= 0.3 is 0 Å². The van der Waals surface area contributed by atoms with Crippen LogP contribution in [0.15, 0.2) is 48.9 Å². The van der Waals surface area contributed by atoms with Crippen molar-refractivity contribution in [2.75, 3.05) is 0 Å². The molecule has 0 N–H and O–H groups in total. The fourth-order valence-corrected chi connectivity index (χ4v) is 4.36. The molecule has 2 aromatic carbocycles. The third-order valence-corrected chi connectivity index (χ3v) is 5.61. The third kappa shape index (κ3) is 2.14. The Kier molecular flexibility index (Phi) is 3.08. The molecule has 0 unspecified atom stereocenters. The molecule has 0 aliphatic rings. The maximum atomic E-state index is 4.46. The van der Waals surface area contributed by atoms with Gasteiger partial charge in [-0.05, 0) is 34.4 Å². The zero-order chi connectivity index (χ0) is 17.0. The van der Waals surface area contributed by atoms with Gasteiger partial charge < -0.3 is 0 Å². The van der Waals surface area contributed by atoms with E-state index >= 15 is 0 Å². The maximum absolute atomic E-state index is 4.46. The molecule has 0 spiro atoms.